The fourth-order valence-corrected chi connectivity index (χ4v) is 2.02. The van der Waals surface area contributed by atoms with Crippen LogP contribution in [-0.4, -0.2) is 0 Å². The van der Waals surface area contributed by atoms with Gasteiger partial charge in [0.15, 0.2) is 0 Å². The van der Waals surface area contributed by atoms with Crippen molar-refractivity contribution >= 4 is 23.2 Å². The molecule has 0 aliphatic carbocycles. The summed E-state index contributed by atoms with van der Waals surface area (Å²) in [5.74, 6) is -3.13. The molecule has 17 heavy (non-hydrogen) atoms. The van der Waals surface area contributed by atoms with E-state index in [-0.39, 0.29) is 15.6 Å². The largest absolute Gasteiger partial charge is 0.207 e. The van der Waals surface area contributed by atoms with Crippen LogP contribution in [0.25, 0.3) is 11.1 Å². The Labute approximate surface area is 106 Å². The average molecular weight is 276 g/mol. The first-order valence-corrected chi connectivity index (χ1v) is 5.27. The van der Waals surface area contributed by atoms with Gasteiger partial charge in [0.2, 0.25) is 0 Å². The van der Waals surface area contributed by atoms with Crippen LogP contribution in [0.1, 0.15) is 0 Å². The van der Waals surface area contributed by atoms with E-state index in [0.717, 1.165) is 0 Å². The van der Waals surface area contributed by atoms with E-state index in [1.165, 1.54) is 12.1 Å². The summed E-state index contributed by atoms with van der Waals surface area (Å²) >= 11 is 11.6. The topological polar surface area (TPSA) is 0 Å². The summed E-state index contributed by atoms with van der Waals surface area (Å²) in [6, 6.07) is 6.52. The lowest BCUT2D eigenvalue weighted by Gasteiger charge is -2.09. The van der Waals surface area contributed by atoms with E-state index in [0.29, 0.717) is 12.1 Å². The fourth-order valence-electron chi connectivity index (χ4n) is 1.46. The van der Waals surface area contributed by atoms with Gasteiger partial charge in [-0.1, -0.05) is 29.3 Å². The van der Waals surface area contributed by atoms with Crippen molar-refractivity contribution in [3.63, 3.8) is 0 Å². The normalized spacial score (nSPS) is 10.6. The van der Waals surface area contributed by atoms with Crippen molar-refractivity contribution in [2.75, 3.05) is 0 Å². The van der Waals surface area contributed by atoms with Crippen molar-refractivity contribution in [3.05, 3.63) is 57.8 Å². The molecule has 5 heteroatoms. The first-order valence-electron chi connectivity index (χ1n) is 4.51. The zero-order valence-corrected chi connectivity index (χ0v) is 9.71. The zero-order chi connectivity index (χ0) is 12.6. The van der Waals surface area contributed by atoms with E-state index in [2.05, 4.69) is 6.07 Å². The van der Waals surface area contributed by atoms with Gasteiger partial charge in [-0.05, 0) is 6.07 Å². The summed E-state index contributed by atoms with van der Waals surface area (Å²) in [5, 5.41) is 0.0417. The zero-order valence-electron chi connectivity index (χ0n) is 8.20. The van der Waals surface area contributed by atoms with Crippen LogP contribution in [0.3, 0.4) is 0 Å². The highest BCUT2D eigenvalue weighted by molar-refractivity contribution is 6.39. The molecule has 2 aromatic carbocycles. The van der Waals surface area contributed by atoms with Crippen LogP contribution >= 0.6 is 23.2 Å². The molecule has 0 fully saturated rings. The Bertz CT molecular complexity index is 539. The highest BCUT2D eigenvalue weighted by atomic mass is 35.5. The molecule has 0 aromatic heterocycles. The SMILES string of the molecule is Fc1cc(F)c(-c2c(Cl)[c]ccc2Cl)c(F)c1. The lowest BCUT2D eigenvalue weighted by molar-refractivity contribution is 0.548. The number of hydrogen-bond acceptors (Lipinski definition) is 0. The van der Waals surface area contributed by atoms with E-state index in [1.54, 1.807) is 0 Å². The summed E-state index contributed by atoms with van der Waals surface area (Å²) < 4.78 is 39.9. The van der Waals surface area contributed by atoms with Gasteiger partial charge in [-0.2, -0.15) is 0 Å². The third kappa shape index (κ3) is 2.26. The Morgan fingerprint density at radius 2 is 1.53 bits per heavy atom. The molecule has 0 nitrogen and oxygen atoms in total. The molecular weight excluding hydrogens is 272 g/mol. The maximum Gasteiger partial charge on any atom is 0.136 e. The van der Waals surface area contributed by atoms with Gasteiger partial charge in [0.25, 0.3) is 0 Å². The van der Waals surface area contributed by atoms with Crippen molar-refractivity contribution in [1.29, 1.82) is 0 Å². The van der Waals surface area contributed by atoms with Gasteiger partial charge in [-0.3, -0.25) is 0 Å². The monoisotopic (exact) mass is 275 g/mol. The minimum Gasteiger partial charge on any atom is -0.207 e. The number of halogens is 5. The summed E-state index contributed by atoms with van der Waals surface area (Å²) in [7, 11) is 0. The Hall–Kier alpha value is -1.19. The van der Waals surface area contributed by atoms with Crippen LogP contribution in [0.5, 0.6) is 0 Å². The highest BCUT2D eigenvalue weighted by Gasteiger charge is 2.18. The van der Waals surface area contributed by atoms with Crippen LogP contribution < -0.4 is 0 Å². The first kappa shape index (κ1) is 12.3. The maximum absolute atomic E-state index is 13.5. The molecule has 2 rings (SSSR count). The second kappa shape index (κ2) is 4.59. The predicted molar refractivity (Wildman–Crippen MR) is 60.6 cm³/mol. The highest BCUT2D eigenvalue weighted by Crippen LogP contribution is 2.37. The van der Waals surface area contributed by atoms with Crippen molar-refractivity contribution < 1.29 is 13.2 Å². The summed E-state index contributed by atoms with van der Waals surface area (Å²) in [5.41, 5.74) is -0.496. The minimum atomic E-state index is -1.06. The van der Waals surface area contributed by atoms with Gasteiger partial charge in [-0.15, -0.1) is 0 Å². The molecule has 0 aliphatic heterocycles. The van der Waals surface area contributed by atoms with Gasteiger partial charge >= 0.3 is 0 Å². The second-order valence-corrected chi connectivity index (χ2v) is 4.04. The average Bonchev–Trinajstić information content (AvgIpc) is 2.21. The standard InChI is InChI=1S/C12H4Cl2F3/c13-7-2-1-3-8(14)11(7)12-9(16)4-6(15)5-10(12)17/h1-2,4-5H. The van der Waals surface area contributed by atoms with Crippen LogP contribution in [0.2, 0.25) is 10.0 Å². The third-order valence-electron chi connectivity index (χ3n) is 2.15. The molecule has 2 aromatic rings. The van der Waals surface area contributed by atoms with Crippen molar-refractivity contribution in [2.24, 2.45) is 0 Å². The molecule has 0 spiro atoms. The Kier molecular flexibility index (Phi) is 3.31. The van der Waals surface area contributed by atoms with E-state index in [1.807, 2.05) is 0 Å². The molecule has 0 saturated heterocycles. The second-order valence-electron chi connectivity index (χ2n) is 3.26. The first-order chi connectivity index (χ1) is 8.00. The fraction of sp³-hybridized carbons (Fsp3) is 0. The maximum atomic E-state index is 13.5. The lowest BCUT2D eigenvalue weighted by Crippen LogP contribution is -1.94. The van der Waals surface area contributed by atoms with E-state index in [4.69, 9.17) is 23.2 Å². The van der Waals surface area contributed by atoms with E-state index in [9.17, 15) is 13.2 Å². The summed E-state index contributed by atoms with van der Waals surface area (Å²) in [4.78, 5) is 0. The minimum absolute atomic E-state index is 0.0260. The number of hydrogen-bond donors (Lipinski definition) is 0. The molecule has 0 amide bonds. The molecule has 0 saturated carbocycles. The van der Waals surface area contributed by atoms with Crippen LogP contribution in [0.4, 0.5) is 13.2 Å². The molecule has 1 radical (unpaired) electrons. The van der Waals surface area contributed by atoms with Crippen molar-refractivity contribution in [2.45, 2.75) is 0 Å². The smallest absolute Gasteiger partial charge is 0.136 e. The number of rotatable bonds is 1. The molecule has 0 aliphatic rings. The lowest BCUT2D eigenvalue weighted by atomic mass is 10.0. The van der Waals surface area contributed by atoms with Gasteiger partial charge in [-0.25, -0.2) is 13.2 Å². The van der Waals surface area contributed by atoms with Crippen molar-refractivity contribution in [3.8, 4) is 11.1 Å². The molecule has 87 valence electrons. The van der Waals surface area contributed by atoms with Crippen LogP contribution in [-0.2, 0) is 0 Å². The van der Waals surface area contributed by atoms with Gasteiger partial charge in [0, 0.05) is 23.8 Å². The van der Waals surface area contributed by atoms with E-state index < -0.39 is 23.0 Å². The Balaban J connectivity index is 2.77. The molecule has 0 N–H and O–H groups in total. The number of benzene rings is 2. The molecule has 0 atom stereocenters. The quantitative estimate of drug-likeness (QED) is 0.696. The summed E-state index contributed by atoms with van der Waals surface area (Å²) in [6.07, 6.45) is 0. The molecule has 0 bridgehead atoms. The molecular formula is C12H4Cl2F3. The van der Waals surface area contributed by atoms with Crippen LogP contribution in [0, 0.1) is 23.5 Å². The van der Waals surface area contributed by atoms with Gasteiger partial charge in [0.1, 0.15) is 17.5 Å². The van der Waals surface area contributed by atoms with Gasteiger partial charge in [0.05, 0.1) is 15.6 Å². The van der Waals surface area contributed by atoms with Crippen LogP contribution in [0.15, 0.2) is 24.3 Å². The third-order valence-corrected chi connectivity index (χ3v) is 2.77. The van der Waals surface area contributed by atoms with E-state index >= 15 is 0 Å². The molecule has 0 unspecified atom stereocenters. The van der Waals surface area contributed by atoms with Gasteiger partial charge < -0.3 is 0 Å². The summed E-state index contributed by atoms with van der Waals surface area (Å²) in [6.45, 7) is 0. The Morgan fingerprint density at radius 1 is 0.941 bits per heavy atom. The van der Waals surface area contributed by atoms with Crippen molar-refractivity contribution in [1.82, 2.24) is 0 Å². The predicted octanol–water partition coefficient (Wildman–Crippen LogP) is 4.88. The Morgan fingerprint density at radius 3 is 2.06 bits per heavy atom. The molecule has 0 heterocycles.